The lowest BCUT2D eigenvalue weighted by Gasteiger charge is -2.23. The summed E-state index contributed by atoms with van der Waals surface area (Å²) in [5.41, 5.74) is 3.52. The SMILES string of the molecule is Cc1cc(C2=CC(=O)C[C@H](c3ccc4c(c3)OCO4)C2)ccc1F. The summed E-state index contributed by atoms with van der Waals surface area (Å²) in [7, 11) is 0. The second-order valence-corrected chi connectivity index (χ2v) is 6.32. The van der Waals surface area contributed by atoms with Gasteiger partial charge in [-0.15, -0.1) is 0 Å². The smallest absolute Gasteiger partial charge is 0.231 e. The van der Waals surface area contributed by atoms with Gasteiger partial charge in [-0.25, -0.2) is 4.39 Å². The quantitative estimate of drug-likeness (QED) is 0.822. The van der Waals surface area contributed by atoms with Crippen molar-refractivity contribution in [3.8, 4) is 11.5 Å². The molecule has 0 unspecified atom stereocenters. The molecular weight excluding hydrogens is 307 g/mol. The normalized spacial score (nSPS) is 19.3. The molecule has 1 heterocycles. The number of ketones is 1. The molecule has 4 rings (SSSR count). The van der Waals surface area contributed by atoms with Crippen molar-refractivity contribution in [2.75, 3.05) is 6.79 Å². The van der Waals surface area contributed by atoms with Gasteiger partial charge in [-0.05, 0) is 71.9 Å². The highest BCUT2D eigenvalue weighted by Crippen LogP contribution is 2.40. The minimum absolute atomic E-state index is 0.0948. The Morgan fingerprint density at radius 3 is 2.71 bits per heavy atom. The van der Waals surface area contributed by atoms with Crippen molar-refractivity contribution >= 4 is 11.4 Å². The first-order valence-corrected chi connectivity index (χ1v) is 7.99. The largest absolute Gasteiger partial charge is 0.454 e. The van der Waals surface area contributed by atoms with Crippen LogP contribution in [0.1, 0.15) is 35.4 Å². The van der Waals surface area contributed by atoms with Crippen LogP contribution in [0.5, 0.6) is 11.5 Å². The van der Waals surface area contributed by atoms with E-state index in [2.05, 4.69) is 0 Å². The molecule has 0 bridgehead atoms. The summed E-state index contributed by atoms with van der Waals surface area (Å²) in [6, 6.07) is 10.8. The van der Waals surface area contributed by atoms with E-state index in [-0.39, 0.29) is 24.3 Å². The van der Waals surface area contributed by atoms with Gasteiger partial charge in [0.1, 0.15) is 5.82 Å². The Kier molecular flexibility index (Phi) is 3.60. The number of aryl methyl sites for hydroxylation is 1. The van der Waals surface area contributed by atoms with Gasteiger partial charge < -0.3 is 9.47 Å². The zero-order chi connectivity index (χ0) is 16.7. The van der Waals surface area contributed by atoms with Crippen molar-refractivity contribution in [2.45, 2.75) is 25.7 Å². The number of allylic oxidation sites excluding steroid dienone is 2. The zero-order valence-corrected chi connectivity index (χ0v) is 13.3. The number of fused-ring (bicyclic) bond motifs is 1. The summed E-state index contributed by atoms with van der Waals surface area (Å²) in [5, 5.41) is 0. The molecule has 0 saturated heterocycles. The van der Waals surface area contributed by atoms with E-state index >= 15 is 0 Å². The molecule has 122 valence electrons. The van der Waals surface area contributed by atoms with Crippen LogP contribution in [-0.2, 0) is 4.79 Å². The Hall–Kier alpha value is -2.62. The highest BCUT2D eigenvalue weighted by molar-refractivity contribution is 5.99. The third-order valence-corrected chi connectivity index (χ3v) is 4.65. The Balaban J connectivity index is 1.64. The first kappa shape index (κ1) is 14.9. The second kappa shape index (κ2) is 5.78. The summed E-state index contributed by atoms with van der Waals surface area (Å²) >= 11 is 0. The number of rotatable bonds is 2. The van der Waals surface area contributed by atoms with Crippen molar-refractivity contribution in [2.24, 2.45) is 0 Å². The van der Waals surface area contributed by atoms with Crippen molar-refractivity contribution in [1.82, 2.24) is 0 Å². The van der Waals surface area contributed by atoms with Gasteiger partial charge in [0.25, 0.3) is 0 Å². The van der Waals surface area contributed by atoms with Crippen LogP contribution in [0.2, 0.25) is 0 Å². The van der Waals surface area contributed by atoms with E-state index in [1.807, 2.05) is 18.2 Å². The van der Waals surface area contributed by atoms with Crippen molar-refractivity contribution in [3.05, 3.63) is 65.0 Å². The van der Waals surface area contributed by atoms with E-state index in [1.165, 1.54) is 6.07 Å². The molecule has 0 saturated carbocycles. The number of ether oxygens (including phenoxy) is 2. The summed E-state index contributed by atoms with van der Waals surface area (Å²) in [5.74, 6) is 1.44. The third kappa shape index (κ3) is 2.68. The Morgan fingerprint density at radius 1 is 1.04 bits per heavy atom. The van der Waals surface area contributed by atoms with Gasteiger partial charge in [0.15, 0.2) is 17.3 Å². The van der Waals surface area contributed by atoms with Crippen LogP contribution >= 0.6 is 0 Å². The van der Waals surface area contributed by atoms with Crippen molar-refractivity contribution in [3.63, 3.8) is 0 Å². The first-order valence-electron chi connectivity index (χ1n) is 7.99. The molecule has 0 fully saturated rings. The van der Waals surface area contributed by atoms with Crippen LogP contribution in [0.15, 0.2) is 42.5 Å². The molecule has 0 N–H and O–H groups in total. The fourth-order valence-electron chi connectivity index (χ4n) is 3.34. The Labute approximate surface area is 139 Å². The van der Waals surface area contributed by atoms with Gasteiger partial charge in [-0.3, -0.25) is 4.79 Å². The predicted molar refractivity (Wildman–Crippen MR) is 88.7 cm³/mol. The molecule has 0 aromatic heterocycles. The van der Waals surface area contributed by atoms with Crippen LogP contribution in [-0.4, -0.2) is 12.6 Å². The molecule has 0 amide bonds. The topological polar surface area (TPSA) is 35.5 Å². The summed E-state index contributed by atoms with van der Waals surface area (Å²) in [6.07, 6.45) is 2.91. The molecular formula is C20H17FO3. The maximum absolute atomic E-state index is 13.5. The molecule has 0 radical (unpaired) electrons. The molecule has 4 heteroatoms. The third-order valence-electron chi connectivity index (χ3n) is 4.65. The van der Waals surface area contributed by atoms with Gasteiger partial charge in [0.2, 0.25) is 6.79 Å². The van der Waals surface area contributed by atoms with Gasteiger partial charge in [-0.1, -0.05) is 12.1 Å². The van der Waals surface area contributed by atoms with Gasteiger partial charge in [0.05, 0.1) is 0 Å². The summed E-state index contributed by atoms with van der Waals surface area (Å²) < 4.78 is 24.3. The fraction of sp³-hybridized carbons (Fsp3) is 0.250. The number of benzene rings is 2. The maximum atomic E-state index is 13.5. The highest BCUT2D eigenvalue weighted by atomic mass is 19.1. The number of hydrogen-bond acceptors (Lipinski definition) is 3. The molecule has 2 aliphatic rings. The van der Waals surface area contributed by atoms with Crippen LogP contribution < -0.4 is 9.47 Å². The van der Waals surface area contributed by atoms with Crippen LogP contribution in [0.3, 0.4) is 0 Å². The molecule has 24 heavy (non-hydrogen) atoms. The van der Waals surface area contributed by atoms with E-state index in [1.54, 1.807) is 25.1 Å². The number of carbonyl (C=O) groups excluding carboxylic acids is 1. The predicted octanol–water partition coefficient (Wildman–Crippen LogP) is 4.39. The molecule has 1 atom stereocenters. The van der Waals surface area contributed by atoms with E-state index in [0.717, 1.165) is 34.6 Å². The van der Waals surface area contributed by atoms with Crippen molar-refractivity contribution < 1.29 is 18.7 Å². The fourth-order valence-corrected chi connectivity index (χ4v) is 3.34. The molecule has 2 aromatic rings. The van der Waals surface area contributed by atoms with Crippen molar-refractivity contribution in [1.29, 1.82) is 0 Å². The minimum Gasteiger partial charge on any atom is -0.454 e. The van der Waals surface area contributed by atoms with Gasteiger partial charge in [0, 0.05) is 6.42 Å². The standard InChI is InChI=1S/C20H17FO3/c1-12-6-13(2-4-18(12)21)15-7-16(9-17(22)8-15)14-3-5-19-20(10-14)24-11-23-19/h2-6,8,10,16H,7,9,11H2,1H3/t16-/m1/s1. The zero-order valence-electron chi connectivity index (χ0n) is 13.3. The minimum atomic E-state index is -0.228. The van der Waals surface area contributed by atoms with E-state index in [4.69, 9.17) is 9.47 Å². The lowest BCUT2D eigenvalue weighted by Crippen LogP contribution is -2.12. The molecule has 3 nitrogen and oxygen atoms in total. The average molecular weight is 324 g/mol. The highest BCUT2D eigenvalue weighted by Gasteiger charge is 2.25. The number of halogens is 1. The van der Waals surface area contributed by atoms with Crippen LogP contribution in [0.25, 0.3) is 5.57 Å². The van der Waals surface area contributed by atoms with Crippen LogP contribution in [0, 0.1) is 12.7 Å². The first-order chi connectivity index (χ1) is 11.6. The van der Waals surface area contributed by atoms with E-state index in [0.29, 0.717) is 12.0 Å². The molecule has 1 aliphatic carbocycles. The molecule has 2 aromatic carbocycles. The molecule has 1 aliphatic heterocycles. The monoisotopic (exact) mass is 324 g/mol. The lowest BCUT2D eigenvalue weighted by atomic mass is 9.81. The second-order valence-electron chi connectivity index (χ2n) is 6.32. The lowest BCUT2D eigenvalue weighted by molar-refractivity contribution is -0.115. The van der Waals surface area contributed by atoms with Crippen LogP contribution in [0.4, 0.5) is 4.39 Å². The number of carbonyl (C=O) groups is 1. The average Bonchev–Trinajstić information content (AvgIpc) is 3.04. The van der Waals surface area contributed by atoms with Gasteiger partial charge >= 0.3 is 0 Å². The summed E-state index contributed by atoms with van der Waals surface area (Å²) in [6.45, 7) is 1.97. The Morgan fingerprint density at radius 2 is 1.88 bits per heavy atom. The van der Waals surface area contributed by atoms with E-state index in [9.17, 15) is 9.18 Å². The van der Waals surface area contributed by atoms with E-state index < -0.39 is 0 Å². The Bertz CT molecular complexity index is 854. The maximum Gasteiger partial charge on any atom is 0.231 e. The van der Waals surface area contributed by atoms with Gasteiger partial charge in [-0.2, -0.15) is 0 Å². The number of hydrogen-bond donors (Lipinski definition) is 0. The molecule has 0 spiro atoms. The summed E-state index contributed by atoms with van der Waals surface area (Å²) in [4.78, 5) is 12.2.